The Morgan fingerprint density at radius 1 is 1.16 bits per heavy atom. The summed E-state index contributed by atoms with van der Waals surface area (Å²) < 4.78 is 17.5. The van der Waals surface area contributed by atoms with Crippen LogP contribution < -0.4 is 15.9 Å². The van der Waals surface area contributed by atoms with Crippen molar-refractivity contribution in [2.75, 3.05) is 13.2 Å². The van der Waals surface area contributed by atoms with Gasteiger partial charge in [-0.2, -0.15) is 0 Å². The summed E-state index contributed by atoms with van der Waals surface area (Å²) in [5.41, 5.74) is 5.74. The van der Waals surface area contributed by atoms with Crippen molar-refractivity contribution in [3.8, 4) is 5.75 Å². The lowest BCUT2D eigenvalue weighted by molar-refractivity contribution is 0.00578. The third kappa shape index (κ3) is 2.94. The molecule has 0 radical (unpaired) electrons. The fraction of sp³-hybridized carbons (Fsp3) is 0.571. The highest BCUT2D eigenvalue weighted by atomic mass is 16.7. The topological polar surface area (TPSA) is 53.7 Å². The Hall–Kier alpha value is -1.04. The van der Waals surface area contributed by atoms with Crippen molar-refractivity contribution in [3.05, 3.63) is 24.3 Å². The summed E-state index contributed by atoms with van der Waals surface area (Å²) in [6.45, 7) is 9.18. The van der Waals surface area contributed by atoms with E-state index in [0.29, 0.717) is 13.2 Å². The largest absolute Gasteiger partial charge is 0.494 e. The Balaban J connectivity index is 2.15. The zero-order valence-corrected chi connectivity index (χ0v) is 12.1. The maximum Gasteiger partial charge on any atom is 0.494 e. The Morgan fingerprint density at radius 2 is 1.79 bits per heavy atom. The molecule has 0 bridgehead atoms. The molecule has 1 aromatic rings. The van der Waals surface area contributed by atoms with Gasteiger partial charge in [0, 0.05) is 6.54 Å². The Kier molecular flexibility index (Phi) is 3.90. The molecule has 1 aromatic carbocycles. The molecule has 0 unspecified atom stereocenters. The van der Waals surface area contributed by atoms with Crippen LogP contribution in [0.3, 0.4) is 0 Å². The van der Waals surface area contributed by atoms with Crippen molar-refractivity contribution in [2.45, 2.75) is 38.9 Å². The average molecular weight is 263 g/mol. The maximum absolute atomic E-state index is 6.01. The van der Waals surface area contributed by atoms with Gasteiger partial charge in [-0.05, 0) is 45.3 Å². The Morgan fingerprint density at radius 3 is 2.37 bits per heavy atom. The fourth-order valence-corrected chi connectivity index (χ4v) is 1.91. The van der Waals surface area contributed by atoms with Gasteiger partial charge < -0.3 is 19.8 Å². The first kappa shape index (κ1) is 14.4. The highest BCUT2D eigenvalue weighted by molar-refractivity contribution is 6.62. The minimum Gasteiger partial charge on any atom is -0.492 e. The van der Waals surface area contributed by atoms with E-state index in [1.807, 2.05) is 52.0 Å². The second-order valence-corrected chi connectivity index (χ2v) is 5.80. The molecule has 104 valence electrons. The van der Waals surface area contributed by atoms with Crippen LogP contribution in [-0.4, -0.2) is 31.5 Å². The van der Waals surface area contributed by atoms with Crippen LogP contribution in [0.4, 0.5) is 0 Å². The molecule has 0 aliphatic carbocycles. The summed E-state index contributed by atoms with van der Waals surface area (Å²) in [6, 6.07) is 7.77. The van der Waals surface area contributed by atoms with E-state index in [0.717, 1.165) is 11.2 Å². The molecule has 2 rings (SSSR count). The van der Waals surface area contributed by atoms with Crippen molar-refractivity contribution >= 4 is 12.6 Å². The lowest BCUT2D eigenvalue weighted by atomic mass is 9.79. The number of rotatable bonds is 4. The molecule has 0 amide bonds. The molecule has 2 N–H and O–H groups in total. The highest BCUT2D eigenvalue weighted by Crippen LogP contribution is 2.36. The van der Waals surface area contributed by atoms with E-state index in [1.165, 1.54) is 0 Å². The molecule has 0 aromatic heterocycles. The number of hydrogen-bond donors (Lipinski definition) is 1. The molecule has 1 heterocycles. The molecule has 0 atom stereocenters. The molecule has 0 spiro atoms. The van der Waals surface area contributed by atoms with Crippen molar-refractivity contribution in [2.24, 2.45) is 5.73 Å². The van der Waals surface area contributed by atoms with Crippen molar-refractivity contribution < 1.29 is 14.0 Å². The summed E-state index contributed by atoms with van der Waals surface area (Å²) in [5, 5.41) is 0. The number of ether oxygens (including phenoxy) is 1. The van der Waals surface area contributed by atoms with Gasteiger partial charge in [0.2, 0.25) is 0 Å². The monoisotopic (exact) mass is 263 g/mol. The Labute approximate surface area is 115 Å². The van der Waals surface area contributed by atoms with Crippen LogP contribution in [0.1, 0.15) is 27.7 Å². The lowest BCUT2D eigenvalue weighted by Crippen LogP contribution is -2.41. The van der Waals surface area contributed by atoms with Gasteiger partial charge in [0.05, 0.1) is 11.2 Å². The molecular weight excluding hydrogens is 241 g/mol. The van der Waals surface area contributed by atoms with Gasteiger partial charge in [0.25, 0.3) is 0 Å². The van der Waals surface area contributed by atoms with E-state index in [2.05, 4.69) is 0 Å². The zero-order valence-electron chi connectivity index (χ0n) is 12.1. The van der Waals surface area contributed by atoms with Gasteiger partial charge in [-0.1, -0.05) is 12.1 Å². The van der Waals surface area contributed by atoms with Crippen LogP contribution in [-0.2, 0) is 9.31 Å². The second kappa shape index (κ2) is 5.15. The van der Waals surface area contributed by atoms with Crippen molar-refractivity contribution in [1.29, 1.82) is 0 Å². The predicted octanol–water partition coefficient (Wildman–Crippen LogP) is 1.32. The summed E-state index contributed by atoms with van der Waals surface area (Å²) in [5.74, 6) is 0.790. The summed E-state index contributed by atoms with van der Waals surface area (Å²) in [6.07, 6.45) is 0. The molecule has 0 saturated carbocycles. The van der Waals surface area contributed by atoms with Gasteiger partial charge in [-0.15, -0.1) is 0 Å². The minimum absolute atomic E-state index is 0.328. The first-order valence-corrected chi connectivity index (χ1v) is 6.64. The molecule has 1 fully saturated rings. The lowest BCUT2D eigenvalue weighted by Gasteiger charge is -2.32. The highest BCUT2D eigenvalue weighted by Gasteiger charge is 2.51. The molecular formula is C14H22BNO3. The van der Waals surface area contributed by atoms with E-state index < -0.39 is 0 Å². The van der Waals surface area contributed by atoms with Crippen LogP contribution in [0.25, 0.3) is 0 Å². The summed E-state index contributed by atoms with van der Waals surface area (Å²) in [4.78, 5) is 0. The standard InChI is InChI=1S/C14H22BNO3/c1-13(2)14(3,4)19-15(18-13)11-6-5-7-12(10-11)17-9-8-16/h5-7,10H,8-9,16H2,1-4H3. The summed E-state index contributed by atoms with van der Waals surface area (Å²) >= 11 is 0. The maximum atomic E-state index is 6.01. The van der Waals surface area contributed by atoms with Gasteiger partial charge in [-0.25, -0.2) is 0 Å². The fourth-order valence-electron chi connectivity index (χ4n) is 1.91. The van der Waals surface area contributed by atoms with E-state index in [1.54, 1.807) is 0 Å². The first-order valence-electron chi connectivity index (χ1n) is 6.64. The molecule has 1 aliphatic rings. The van der Waals surface area contributed by atoms with Gasteiger partial charge in [0.1, 0.15) is 12.4 Å². The third-order valence-electron chi connectivity index (χ3n) is 3.77. The van der Waals surface area contributed by atoms with Crippen molar-refractivity contribution in [3.63, 3.8) is 0 Å². The zero-order chi connectivity index (χ0) is 14.1. The van der Waals surface area contributed by atoms with Crippen LogP contribution in [0.5, 0.6) is 5.75 Å². The molecule has 19 heavy (non-hydrogen) atoms. The Bertz CT molecular complexity index is 432. The van der Waals surface area contributed by atoms with E-state index in [9.17, 15) is 0 Å². The molecule has 5 heteroatoms. The van der Waals surface area contributed by atoms with Crippen LogP contribution in [0.2, 0.25) is 0 Å². The van der Waals surface area contributed by atoms with Gasteiger partial charge in [0.15, 0.2) is 0 Å². The van der Waals surface area contributed by atoms with Crippen LogP contribution in [0, 0.1) is 0 Å². The van der Waals surface area contributed by atoms with E-state index in [-0.39, 0.29) is 18.3 Å². The predicted molar refractivity (Wildman–Crippen MR) is 76.7 cm³/mol. The third-order valence-corrected chi connectivity index (χ3v) is 3.77. The number of benzene rings is 1. The summed E-state index contributed by atoms with van der Waals surface area (Å²) in [7, 11) is -0.355. The van der Waals surface area contributed by atoms with Gasteiger partial charge in [-0.3, -0.25) is 0 Å². The van der Waals surface area contributed by atoms with Crippen LogP contribution >= 0.6 is 0 Å². The van der Waals surface area contributed by atoms with Gasteiger partial charge >= 0.3 is 7.12 Å². The normalized spacial score (nSPS) is 20.6. The van der Waals surface area contributed by atoms with E-state index >= 15 is 0 Å². The quantitative estimate of drug-likeness (QED) is 0.832. The van der Waals surface area contributed by atoms with Crippen LogP contribution in [0.15, 0.2) is 24.3 Å². The van der Waals surface area contributed by atoms with Crippen molar-refractivity contribution in [1.82, 2.24) is 0 Å². The minimum atomic E-state index is -0.355. The molecule has 1 aliphatic heterocycles. The molecule has 1 saturated heterocycles. The average Bonchev–Trinajstić information content (AvgIpc) is 2.56. The smallest absolute Gasteiger partial charge is 0.492 e. The number of nitrogens with two attached hydrogens (primary N) is 1. The SMILES string of the molecule is CC1(C)OB(c2cccc(OCCN)c2)OC1(C)C. The number of hydrogen-bond acceptors (Lipinski definition) is 4. The molecule has 4 nitrogen and oxygen atoms in total. The second-order valence-electron chi connectivity index (χ2n) is 5.80. The van der Waals surface area contributed by atoms with E-state index in [4.69, 9.17) is 19.8 Å². The first-order chi connectivity index (χ1) is 8.86.